The predicted molar refractivity (Wildman–Crippen MR) is 82.2 cm³/mol. The molecule has 0 heterocycles. The average Bonchev–Trinajstić information content (AvgIpc) is 2.36. The van der Waals surface area contributed by atoms with Crippen LogP contribution < -0.4 is 4.74 Å². The fourth-order valence-corrected chi connectivity index (χ4v) is 1.91. The van der Waals surface area contributed by atoms with Gasteiger partial charge in [0, 0.05) is 12.0 Å². The maximum absolute atomic E-state index is 13.7. The second-order valence-electron chi connectivity index (χ2n) is 5.18. The van der Waals surface area contributed by atoms with Crippen molar-refractivity contribution in [2.75, 3.05) is 6.61 Å². The lowest BCUT2D eigenvalue weighted by molar-refractivity contribution is 0.339. The largest absolute Gasteiger partial charge is 0.591 e. The number of hydrogen-bond acceptors (Lipinski definition) is 3. The van der Waals surface area contributed by atoms with Crippen molar-refractivity contribution < 1.29 is 13.7 Å². The molecule has 0 aromatic heterocycles. The molecular formula is C15H20FNO2S. The van der Waals surface area contributed by atoms with Crippen LogP contribution in [0.3, 0.4) is 0 Å². The third kappa shape index (κ3) is 4.98. The van der Waals surface area contributed by atoms with Crippen molar-refractivity contribution >= 4 is 17.6 Å². The van der Waals surface area contributed by atoms with E-state index >= 15 is 0 Å². The van der Waals surface area contributed by atoms with E-state index in [0.29, 0.717) is 12.0 Å². The van der Waals surface area contributed by atoms with Gasteiger partial charge in [-0.25, -0.2) is 4.39 Å². The highest BCUT2D eigenvalue weighted by atomic mass is 32.2. The fourth-order valence-electron chi connectivity index (χ4n) is 1.38. The first kappa shape index (κ1) is 16.7. The first-order valence-electron chi connectivity index (χ1n) is 6.32. The Kier molecular flexibility index (Phi) is 6.23. The second-order valence-corrected chi connectivity index (χ2v) is 7.12. The van der Waals surface area contributed by atoms with E-state index in [1.165, 1.54) is 12.3 Å². The number of ether oxygens (including phenoxy) is 1. The second kappa shape index (κ2) is 7.45. The van der Waals surface area contributed by atoms with Crippen LogP contribution in [0.15, 0.2) is 35.3 Å². The molecule has 0 saturated heterocycles. The van der Waals surface area contributed by atoms with Gasteiger partial charge < -0.3 is 9.29 Å². The van der Waals surface area contributed by atoms with Gasteiger partial charge in [0.2, 0.25) is 0 Å². The van der Waals surface area contributed by atoms with Crippen molar-refractivity contribution in [3.05, 3.63) is 42.2 Å². The van der Waals surface area contributed by atoms with E-state index in [1.54, 1.807) is 18.2 Å². The monoisotopic (exact) mass is 297 g/mol. The Bertz CT molecular complexity index is 483. The summed E-state index contributed by atoms with van der Waals surface area (Å²) in [6, 6.07) is 4.71. The number of benzene rings is 1. The van der Waals surface area contributed by atoms with E-state index in [4.69, 9.17) is 4.74 Å². The van der Waals surface area contributed by atoms with E-state index in [9.17, 15) is 8.94 Å². The van der Waals surface area contributed by atoms with Crippen LogP contribution in [0.1, 0.15) is 26.3 Å². The van der Waals surface area contributed by atoms with Crippen molar-refractivity contribution in [3.8, 4) is 5.75 Å². The smallest absolute Gasteiger partial charge is 0.165 e. The highest BCUT2D eigenvalue weighted by molar-refractivity contribution is 7.91. The Morgan fingerprint density at radius 1 is 1.45 bits per heavy atom. The molecule has 1 unspecified atom stereocenters. The van der Waals surface area contributed by atoms with Crippen molar-refractivity contribution in [2.24, 2.45) is 4.40 Å². The van der Waals surface area contributed by atoms with Crippen molar-refractivity contribution in [2.45, 2.75) is 31.9 Å². The lowest BCUT2D eigenvalue weighted by Crippen LogP contribution is -2.25. The van der Waals surface area contributed by atoms with Gasteiger partial charge in [-0.3, -0.25) is 0 Å². The van der Waals surface area contributed by atoms with Gasteiger partial charge in [0.05, 0.1) is 6.21 Å². The van der Waals surface area contributed by atoms with Crippen LogP contribution in [0.5, 0.6) is 5.75 Å². The summed E-state index contributed by atoms with van der Waals surface area (Å²) in [6.07, 6.45) is 3.46. The van der Waals surface area contributed by atoms with Crippen LogP contribution in [0, 0.1) is 5.82 Å². The molecule has 0 aliphatic carbocycles. The topological polar surface area (TPSA) is 44.6 Å². The van der Waals surface area contributed by atoms with Crippen LogP contribution >= 0.6 is 0 Å². The molecule has 0 radical (unpaired) electrons. The predicted octanol–water partition coefficient (Wildman–Crippen LogP) is 3.47. The first-order valence-corrected chi connectivity index (χ1v) is 7.42. The van der Waals surface area contributed by atoms with Gasteiger partial charge in [0.1, 0.15) is 22.7 Å². The Balaban J connectivity index is 2.79. The molecule has 1 aromatic rings. The molecule has 1 aromatic carbocycles. The van der Waals surface area contributed by atoms with Gasteiger partial charge >= 0.3 is 0 Å². The summed E-state index contributed by atoms with van der Waals surface area (Å²) >= 11 is -1.31. The van der Waals surface area contributed by atoms with E-state index < -0.39 is 21.9 Å². The number of rotatable bonds is 6. The van der Waals surface area contributed by atoms with Crippen LogP contribution in [0.25, 0.3) is 0 Å². The Hall–Kier alpha value is -1.33. The lowest BCUT2D eigenvalue weighted by Gasteiger charge is -2.17. The minimum Gasteiger partial charge on any atom is -0.591 e. The molecular weight excluding hydrogens is 277 g/mol. The molecule has 0 saturated carbocycles. The number of para-hydroxylation sites is 1. The average molecular weight is 297 g/mol. The fraction of sp³-hybridized carbons (Fsp3) is 0.400. The molecule has 0 aliphatic heterocycles. The Labute approximate surface area is 122 Å². The van der Waals surface area contributed by atoms with Crippen molar-refractivity contribution in [1.29, 1.82) is 0 Å². The number of nitrogens with zero attached hydrogens (tertiary/aromatic N) is 1. The molecule has 0 spiro atoms. The van der Waals surface area contributed by atoms with Crippen LogP contribution in [-0.2, 0) is 17.8 Å². The standard InChI is InChI=1S/C15H20FNO2S/c1-5-11-19-14-12(7-6-8-13(14)16)9-10-17-20(18)15(2,3)4/h5-8,10H,1,9,11H2,2-4H3. The van der Waals surface area contributed by atoms with E-state index in [2.05, 4.69) is 11.0 Å². The van der Waals surface area contributed by atoms with Crippen molar-refractivity contribution in [1.82, 2.24) is 0 Å². The number of halogens is 1. The minimum atomic E-state index is -1.31. The third-order valence-corrected chi connectivity index (χ3v) is 3.79. The van der Waals surface area contributed by atoms with E-state index in [-0.39, 0.29) is 12.4 Å². The summed E-state index contributed by atoms with van der Waals surface area (Å²) < 4.78 is 34.4. The first-order chi connectivity index (χ1) is 9.36. The number of hydrogen-bond donors (Lipinski definition) is 0. The molecule has 5 heteroatoms. The molecule has 1 rings (SSSR count). The summed E-state index contributed by atoms with van der Waals surface area (Å²) in [5.74, 6) is -0.227. The van der Waals surface area contributed by atoms with E-state index in [1.807, 2.05) is 20.8 Å². The molecule has 0 bridgehead atoms. The van der Waals surface area contributed by atoms with Crippen LogP contribution in [-0.4, -0.2) is 22.1 Å². The van der Waals surface area contributed by atoms with Gasteiger partial charge in [-0.1, -0.05) is 29.2 Å². The van der Waals surface area contributed by atoms with Gasteiger partial charge in [-0.15, -0.1) is 0 Å². The highest BCUT2D eigenvalue weighted by Crippen LogP contribution is 2.23. The quantitative estimate of drug-likeness (QED) is 0.458. The summed E-state index contributed by atoms with van der Waals surface area (Å²) in [5, 5.41) is 0. The lowest BCUT2D eigenvalue weighted by atomic mass is 10.1. The third-order valence-electron chi connectivity index (χ3n) is 2.40. The summed E-state index contributed by atoms with van der Waals surface area (Å²) in [4.78, 5) is 0. The Morgan fingerprint density at radius 3 is 2.75 bits per heavy atom. The molecule has 110 valence electrons. The summed E-state index contributed by atoms with van der Waals surface area (Å²) in [5.41, 5.74) is 0.668. The molecule has 0 N–H and O–H groups in total. The zero-order valence-corrected chi connectivity index (χ0v) is 12.9. The van der Waals surface area contributed by atoms with Gasteiger partial charge in [0.15, 0.2) is 11.6 Å². The van der Waals surface area contributed by atoms with Gasteiger partial charge in [0.25, 0.3) is 0 Å². The summed E-state index contributed by atoms with van der Waals surface area (Å²) in [6.45, 7) is 9.31. The van der Waals surface area contributed by atoms with Gasteiger partial charge in [-0.2, -0.15) is 0 Å². The molecule has 0 fully saturated rings. The van der Waals surface area contributed by atoms with Crippen LogP contribution in [0.2, 0.25) is 0 Å². The zero-order chi connectivity index (χ0) is 15.2. The molecule has 0 aliphatic rings. The minimum absolute atomic E-state index is 0.195. The van der Waals surface area contributed by atoms with Crippen molar-refractivity contribution in [3.63, 3.8) is 0 Å². The maximum atomic E-state index is 13.7. The Morgan fingerprint density at radius 2 is 2.15 bits per heavy atom. The maximum Gasteiger partial charge on any atom is 0.165 e. The zero-order valence-electron chi connectivity index (χ0n) is 12.1. The molecule has 3 nitrogen and oxygen atoms in total. The molecule has 0 amide bonds. The SMILES string of the molecule is C=CCOc1c(F)cccc1CC=N[S+]([O-])C(C)(C)C. The van der Waals surface area contributed by atoms with Crippen LogP contribution in [0.4, 0.5) is 4.39 Å². The summed E-state index contributed by atoms with van der Waals surface area (Å²) in [7, 11) is 0. The van der Waals surface area contributed by atoms with Gasteiger partial charge in [-0.05, 0) is 26.8 Å². The highest BCUT2D eigenvalue weighted by Gasteiger charge is 2.25. The molecule has 20 heavy (non-hydrogen) atoms. The normalized spacial score (nSPS) is 13.4. The molecule has 1 atom stereocenters. The van der Waals surface area contributed by atoms with E-state index in [0.717, 1.165) is 0 Å².